The summed E-state index contributed by atoms with van der Waals surface area (Å²) in [6.07, 6.45) is 0. The van der Waals surface area contributed by atoms with Gasteiger partial charge in [-0.1, -0.05) is 0 Å². The summed E-state index contributed by atoms with van der Waals surface area (Å²) in [5, 5.41) is 0. The first-order chi connectivity index (χ1) is 5.14. The molecule has 12 heavy (non-hydrogen) atoms. The Morgan fingerprint density at radius 3 is 1.75 bits per heavy atom. The highest BCUT2D eigenvalue weighted by molar-refractivity contribution is 14.1. The molecule has 0 aliphatic rings. The van der Waals surface area contributed by atoms with E-state index in [4.69, 9.17) is 28.7 Å². The van der Waals surface area contributed by atoms with Crippen molar-refractivity contribution in [2.75, 3.05) is 0 Å². The summed E-state index contributed by atoms with van der Waals surface area (Å²) in [6, 6.07) is -0.675. The molecule has 72 valence electrons. The van der Waals surface area contributed by atoms with Crippen LogP contribution in [0.15, 0.2) is 0 Å². The lowest BCUT2D eigenvalue weighted by atomic mass is 9.91. The molecule has 0 rings (SSSR count). The molecule has 0 spiro atoms. The second kappa shape index (κ2) is 3.52. The van der Waals surface area contributed by atoms with E-state index in [1.807, 2.05) is 0 Å². The van der Waals surface area contributed by atoms with Gasteiger partial charge in [-0.3, -0.25) is 4.79 Å². The lowest BCUT2D eigenvalue weighted by molar-refractivity contribution is -0.116. The molecule has 6 nitrogen and oxygen atoms in total. The van der Waals surface area contributed by atoms with Gasteiger partial charge in [0.25, 0.3) is 0 Å². The van der Waals surface area contributed by atoms with E-state index in [-0.39, 0.29) is 0 Å². The third kappa shape index (κ3) is 1.92. The van der Waals surface area contributed by atoms with Crippen LogP contribution in [-0.2, 0) is 4.79 Å². The van der Waals surface area contributed by atoms with Crippen molar-refractivity contribution < 1.29 is 4.79 Å². The van der Waals surface area contributed by atoms with E-state index in [2.05, 4.69) is 0 Å². The van der Waals surface area contributed by atoms with Crippen LogP contribution in [0.2, 0.25) is 0 Å². The highest BCUT2D eigenvalue weighted by Gasteiger charge is 2.47. The van der Waals surface area contributed by atoms with Gasteiger partial charge in [0, 0.05) is 28.6 Å². The van der Waals surface area contributed by atoms with Crippen LogP contribution in [0.3, 0.4) is 0 Å². The van der Waals surface area contributed by atoms with Crippen molar-refractivity contribution >= 4 is 26.4 Å². The summed E-state index contributed by atoms with van der Waals surface area (Å²) in [7, 11) is 0. The molecule has 0 heterocycles. The summed E-state index contributed by atoms with van der Waals surface area (Å²) in [5.41, 5.74) is 23.9. The van der Waals surface area contributed by atoms with Gasteiger partial charge in [0.15, 0.2) is 5.66 Å². The average molecular weight is 287 g/mol. The highest BCUT2D eigenvalue weighted by atomic mass is 127. The van der Waals surface area contributed by atoms with Gasteiger partial charge in [-0.25, -0.2) is 0 Å². The van der Waals surface area contributed by atoms with Crippen LogP contribution in [0.25, 0.3) is 0 Å². The molecule has 0 aromatic heterocycles. The second-order valence-corrected chi connectivity index (χ2v) is 3.84. The molecule has 1 unspecified atom stereocenters. The summed E-state index contributed by atoms with van der Waals surface area (Å²) >= 11 is 1.44. The zero-order valence-corrected chi connectivity index (χ0v) is 8.91. The van der Waals surface area contributed by atoms with Gasteiger partial charge in [0.05, 0.1) is 0 Å². The van der Waals surface area contributed by atoms with Gasteiger partial charge in [0.1, 0.15) is 5.66 Å². The molecular weight excluding hydrogens is 273 g/mol. The lowest BCUT2D eigenvalue weighted by Crippen LogP contribution is -2.83. The zero-order valence-electron chi connectivity index (χ0n) is 6.75. The molecule has 1 atom stereocenters. The van der Waals surface area contributed by atoms with Gasteiger partial charge in [0.2, 0.25) is 3.79 Å². The Balaban J connectivity index is 4.88. The Morgan fingerprint density at radius 2 is 1.67 bits per heavy atom. The van der Waals surface area contributed by atoms with Crippen molar-refractivity contribution in [3.63, 3.8) is 0 Å². The van der Waals surface area contributed by atoms with Crippen LogP contribution in [-0.4, -0.2) is 21.2 Å². The largest absolute Gasteiger partial charge is 0.325 e. The summed E-state index contributed by atoms with van der Waals surface area (Å²) < 4.78 is -0.526. The summed E-state index contributed by atoms with van der Waals surface area (Å²) in [6.45, 7) is 1.54. The minimum Gasteiger partial charge on any atom is -0.325 e. The Kier molecular flexibility index (Phi) is 3.58. The number of nitrogens with two attached hydrogens (primary N) is 5. The predicted octanol–water partition coefficient (Wildman–Crippen LogP) is -2.48. The molecule has 7 heteroatoms. The average Bonchev–Trinajstić information content (AvgIpc) is 1.86. The molecule has 0 saturated carbocycles. The fourth-order valence-electron chi connectivity index (χ4n) is 0.547. The number of carbonyl (C=O) groups is 1. The Bertz CT molecular complexity index is 190. The van der Waals surface area contributed by atoms with Crippen molar-refractivity contribution in [2.45, 2.75) is 24.3 Å². The van der Waals surface area contributed by atoms with E-state index in [0.29, 0.717) is 0 Å². The zero-order chi connectivity index (χ0) is 10.2. The van der Waals surface area contributed by atoms with Crippen LogP contribution in [0.1, 0.15) is 6.92 Å². The Labute approximate surface area is 84.3 Å². The van der Waals surface area contributed by atoms with Crippen LogP contribution >= 0.6 is 22.6 Å². The van der Waals surface area contributed by atoms with E-state index < -0.39 is 21.2 Å². The summed E-state index contributed by atoms with van der Waals surface area (Å²) in [5.74, 6) is 0. The summed E-state index contributed by atoms with van der Waals surface area (Å²) in [4.78, 5) is 10.9. The van der Waals surface area contributed by atoms with Crippen molar-refractivity contribution in [1.29, 1.82) is 0 Å². The molecular formula is C5H14IN5O. The number of rotatable bonds is 3. The van der Waals surface area contributed by atoms with Gasteiger partial charge in [-0.15, -0.1) is 0 Å². The van der Waals surface area contributed by atoms with Crippen LogP contribution in [0.5, 0.6) is 0 Å². The number of halogens is 1. The maximum absolute atomic E-state index is 10.9. The number of hydrogen-bond acceptors (Lipinski definition) is 6. The topological polar surface area (TPSA) is 147 Å². The van der Waals surface area contributed by atoms with Crippen molar-refractivity contribution in [3.05, 3.63) is 0 Å². The Morgan fingerprint density at radius 1 is 1.33 bits per heavy atom. The van der Waals surface area contributed by atoms with Crippen molar-refractivity contribution in [1.82, 2.24) is 0 Å². The Hall–Kier alpha value is 0.200. The molecule has 10 N–H and O–H groups in total. The van der Waals surface area contributed by atoms with E-state index in [9.17, 15) is 4.79 Å². The SMILES string of the molecule is CC(N)C(N)(N)C(N)(N)C(=O)I. The molecule has 0 aliphatic carbocycles. The first-order valence-corrected chi connectivity index (χ1v) is 4.33. The molecule has 0 bridgehead atoms. The molecule has 0 aromatic carbocycles. The minimum absolute atomic E-state index is 0.526. The number of hydrogen-bond donors (Lipinski definition) is 5. The van der Waals surface area contributed by atoms with Crippen LogP contribution in [0, 0.1) is 0 Å². The van der Waals surface area contributed by atoms with E-state index in [0.717, 1.165) is 0 Å². The first-order valence-electron chi connectivity index (χ1n) is 3.25. The lowest BCUT2D eigenvalue weighted by Gasteiger charge is -2.40. The van der Waals surface area contributed by atoms with Gasteiger partial charge >= 0.3 is 0 Å². The van der Waals surface area contributed by atoms with Crippen molar-refractivity contribution in [2.24, 2.45) is 28.7 Å². The van der Waals surface area contributed by atoms with Gasteiger partial charge in [-0.05, 0) is 6.92 Å². The van der Waals surface area contributed by atoms with Gasteiger partial charge in [-0.2, -0.15) is 0 Å². The second-order valence-electron chi connectivity index (χ2n) is 2.86. The molecule has 0 fully saturated rings. The van der Waals surface area contributed by atoms with Crippen LogP contribution in [0.4, 0.5) is 0 Å². The molecule has 0 aliphatic heterocycles. The highest BCUT2D eigenvalue weighted by Crippen LogP contribution is 2.13. The first kappa shape index (κ1) is 12.2. The normalized spacial score (nSPS) is 15.9. The van der Waals surface area contributed by atoms with E-state index in [1.54, 1.807) is 0 Å². The third-order valence-electron chi connectivity index (χ3n) is 1.80. The number of carbonyl (C=O) groups excluding carboxylic acids is 1. The van der Waals surface area contributed by atoms with Crippen molar-refractivity contribution in [3.8, 4) is 0 Å². The maximum atomic E-state index is 10.9. The molecule has 0 aromatic rings. The predicted molar refractivity (Wildman–Crippen MR) is 54.9 cm³/mol. The standard InChI is InChI=1S/C5H14IN5O/c1-2(7)4(8,9)5(10,11)3(6)12/h2H,7-11H2,1H3. The quantitative estimate of drug-likeness (QED) is 0.220. The van der Waals surface area contributed by atoms with Crippen LogP contribution < -0.4 is 28.7 Å². The fraction of sp³-hybridized carbons (Fsp3) is 0.800. The molecule has 0 amide bonds. The maximum Gasteiger partial charge on any atom is 0.229 e. The molecule has 0 saturated heterocycles. The van der Waals surface area contributed by atoms with E-state index in [1.165, 1.54) is 29.5 Å². The minimum atomic E-state index is -1.80. The molecule has 0 radical (unpaired) electrons. The fourth-order valence-corrected chi connectivity index (χ4v) is 1.01. The third-order valence-corrected chi connectivity index (χ3v) is 2.69. The monoisotopic (exact) mass is 287 g/mol. The van der Waals surface area contributed by atoms with Gasteiger partial charge < -0.3 is 28.7 Å². The van der Waals surface area contributed by atoms with E-state index >= 15 is 0 Å². The smallest absolute Gasteiger partial charge is 0.229 e.